The minimum absolute atomic E-state index is 0.0515. The smallest absolute Gasteiger partial charge is 0.310 e. The van der Waals surface area contributed by atoms with Gasteiger partial charge in [-0.25, -0.2) is 8.78 Å². The average Bonchev–Trinajstić information content (AvgIpc) is 2.30. The highest BCUT2D eigenvalue weighted by atomic mass is 127. The first kappa shape index (κ1) is 14.7. The molecule has 1 aromatic heterocycles. The van der Waals surface area contributed by atoms with E-state index in [-0.39, 0.29) is 23.0 Å². The maximum Gasteiger partial charge on any atom is 0.310 e. The Morgan fingerprint density at radius 1 is 1.65 bits per heavy atom. The second-order valence-electron chi connectivity index (χ2n) is 3.15. The number of aromatic nitrogens is 1. The molecule has 94 valence electrons. The van der Waals surface area contributed by atoms with E-state index in [1.54, 1.807) is 22.6 Å². The highest BCUT2D eigenvalue weighted by molar-refractivity contribution is 14.1. The van der Waals surface area contributed by atoms with E-state index in [0.717, 1.165) is 0 Å². The first-order valence-corrected chi connectivity index (χ1v) is 6.78. The number of methoxy groups -OCH3 is 1. The minimum Gasteiger partial charge on any atom is -0.469 e. The fraction of sp³-hybridized carbons (Fsp3) is 0.400. The molecular formula is C10H9BrF2INO2. The van der Waals surface area contributed by atoms with Crippen molar-refractivity contribution < 1.29 is 18.3 Å². The third-order valence-corrected chi connectivity index (χ3v) is 3.92. The van der Waals surface area contributed by atoms with Crippen LogP contribution in [0.25, 0.3) is 0 Å². The molecular weight excluding hydrogens is 411 g/mol. The second kappa shape index (κ2) is 6.58. The van der Waals surface area contributed by atoms with Gasteiger partial charge in [0.25, 0.3) is 6.43 Å². The summed E-state index contributed by atoms with van der Waals surface area (Å²) >= 11 is 4.92. The van der Waals surface area contributed by atoms with Crippen molar-refractivity contribution in [1.29, 1.82) is 0 Å². The largest absolute Gasteiger partial charge is 0.469 e. The van der Waals surface area contributed by atoms with Gasteiger partial charge in [0.2, 0.25) is 0 Å². The van der Waals surface area contributed by atoms with E-state index < -0.39 is 12.4 Å². The molecule has 17 heavy (non-hydrogen) atoms. The van der Waals surface area contributed by atoms with Crippen LogP contribution in [0.1, 0.15) is 23.2 Å². The molecule has 1 aromatic rings. The maximum absolute atomic E-state index is 12.9. The number of hydrogen-bond acceptors (Lipinski definition) is 3. The predicted octanol–water partition coefficient (Wildman–Crippen LogP) is 3.23. The molecule has 0 amide bonds. The molecule has 0 unspecified atom stereocenters. The van der Waals surface area contributed by atoms with Gasteiger partial charge in [-0.05, 0) is 28.2 Å². The standard InChI is InChI=1S/C10H9BrF2INO2/c1-17-7(16)2-5-4-15-6(3-11)8(9(5)14)10(12)13/h4,10H,2-3H2,1H3. The predicted molar refractivity (Wildman–Crippen MR) is 70.3 cm³/mol. The number of esters is 1. The van der Waals surface area contributed by atoms with Gasteiger partial charge in [0.15, 0.2) is 0 Å². The molecule has 0 aliphatic heterocycles. The van der Waals surface area contributed by atoms with Crippen LogP contribution in [0, 0.1) is 3.57 Å². The van der Waals surface area contributed by atoms with Crippen molar-refractivity contribution in [3.63, 3.8) is 0 Å². The number of pyridine rings is 1. The monoisotopic (exact) mass is 419 g/mol. The minimum atomic E-state index is -2.61. The van der Waals surface area contributed by atoms with Gasteiger partial charge in [-0.3, -0.25) is 9.78 Å². The number of hydrogen-bond donors (Lipinski definition) is 0. The van der Waals surface area contributed by atoms with Crippen LogP contribution in [0.4, 0.5) is 8.78 Å². The Kier molecular flexibility index (Phi) is 5.71. The van der Waals surface area contributed by atoms with Crippen molar-refractivity contribution in [2.24, 2.45) is 0 Å². The van der Waals surface area contributed by atoms with Crippen molar-refractivity contribution in [1.82, 2.24) is 4.98 Å². The number of rotatable bonds is 4. The van der Waals surface area contributed by atoms with Crippen LogP contribution in [0.15, 0.2) is 6.20 Å². The highest BCUT2D eigenvalue weighted by Crippen LogP contribution is 2.30. The van der Waals surface area contributed by atoms with Crippen LogP contribution in [-0.4, -0.2) is 18.1 Å². The second-order valence-corrected chi connectivity index (χ2v) is 4.78. The van der Waals surface area contributed by atoms with Gasteiger partial charge in [-0.15, -0.1) is 0 Å². The van der Waals surface area contributed by atoms with Gasteiger partial charge < -0.3 is 4.74 Å². The molecule has 0 aliphatic carbocycles. The summed E-state index contributed by atoms with van der Waals surface area (Å²) in [6, 6.07) is 0. The number of nitrogens with zero attached hydrogens (tertiary/aromatic N) is 1. The zero-order chi connectivity index (χ0) is 13.0. The lowest BCUT2D eigenvalue weighted by Gasteiger charge is -2.11. The summed E-state index contributed by atoms with van der Waals surface area (Å²) < 4.78 is 30.7. The fourth-order valence-corrected chi connectivity index (χ4v) is 2.58. The Labute approximate surface area is 119 Å². The molecule has 0 atom stereocenters. The maximum atomic E-state index is 12.9. The summed E-state index contributed by atoms with van der Waals surface area (Å²) in [5, 5.41) is 0.251. The summed E-state index contributed by atoms with van der Waals surface area (Å²) in [6.07, 6.45) is -1.23. The molecule has 0 radical (unpaired) electrons. The van der Waals surface area contributed by atoms with E-state index in [2.05, 4.69) is 25.7 Å². The van der Waals surface area contributed by atoms with Crippen molar-refractivity contribution in [3.05, 3.63) is 26.6 Å². The fourth-order valence-electron chi connectivity index (χ4n) is 1.26. The summed E-state index contributed by atoms with van der Waals surface area (Å²) in [5.74, 6) is -0.475. The molecule has 0 saturated heterocycles. The summed E-state index contributed by atoms with van der Waals surface area (Å²) in [4.78, 5) is 15.0. The average molecular weight is 420 g/mol. The van der Waals surface area contributed by atoms with Crippen molar-refractivity contribution in [3.8, 4) is 0 Å². The van der Waals surface area contributed by atoms with E-state index in [4.69, 9.17) is 0 Å². The SMILES string of the molecule is COC(=O)Cc1cnc(CBr)c(C(F)F)c1I. The van der Waals surface area contributed by atoms with E-state index in [9.17, 15) is 13.6 Å². The molecule has 0 bridgehead atoms. The number of alkyl halides is 3. The molecule has 7 heteroatoms. The van der Waals surface area contributed by atoms with Crippen LogP contribution in [0.2, 0.25) is 0 Å². The normalized spacial score (nSPS) is 10.7. The number of carbonyl (C=O) groups is 1. The van der Waals surface area contributed by atoms with E-state index in [1.807, 2.05) is 0 Å². The molecule has 1 rings (SSSR count). The third kappa shape index (κ3) is 3.57. The molecule has 0 saturated carbocycles. The first-order chi connectivity index (χ1) is 8.01. The van der Waals surface area contributed by atoms with Gasteiger partial charge in [-0.1, -0.05) is 15.9 Å². The lowest BCUT2D eigenvalue weighted by molar-refractivity contribution is -0.139. The Morgan fingerprint density at radius 2 is 2.29 bits per heavy atom. The molecule has 1 heterocycles. The zero-order valence-corrected chi connectivity index (χ0v) is 12.6. The topological polar surface area (TPSA) is 39.2 Å². The van der Waals surface area contributed by atoms with Crippen LogP contribution < -0.4 is 0 Å². The Bertz CT molecular complexity index is 429. The Hall–Kier alpha value is -0.310. The quantitative estimate of drug-likeness (QED) is 0.427. The lowest BCUT2D eigenvalue weighted by atomic mass is 10.1. The van der Waals surface area contributed by atoms with Crippen molar-refractivity contribution in [2.75, 3.05) is 7.11 Å². The Balaban J connectivity index is 3.18. The molecule has 0 spiro atoms. The van der Waals surface area contributed by atoms with Crippen LogP contribution in [-0.2, 0) is 21.3 Å². The van der Waals surface area contributed by atoms with Gasteiger partial charge >= 0.3 is 5.97 Å². The number of ether oxygens (including phenoxy) is 1. The highest BCUT2D eigenvalue weighted by Gasteiger charge is 2.21. The van der Waals surface area contributed by atoms with Crippen LogP contribution in [0.3, 0.4) is 0 Å². The molecule has 0 N–H and O–H groups in total. The van der Waals surface area contributed by atoms with Gasteiger partial charge in [0.1, 0.15) is 0 Å². The molecule has 0 aliphatic rings. The van der Waals surface area contributed by atoms with Gasteiger partial charge in [-0.2, -0.15) is 0 Å². The molecule has 0 fully saturated rings. The van der Waals surface area contributed by atoms with Crippen LogP contribution in [0.5, 0.6) is 0 Å². The van der Waals surface area contributed by atoms with Crippen LogP contribution >= 0.6 is 38.5 Å². The van der Waals surface area contributed by atoms with Gasteiger partial charge in [0, 0.05) is 15.1 Å². The van der Waals surface area contributed by atoms with E-state index >= 15 is 0 Å². The lowest BCUT2D eigenvalue weighted by Crippen LogP contribution is -2.10. The summed E-state index contributed by atoms with van der Waals surface area (Å²) in [7, 11) is 1.25. The van der Waals surface area contributed by atoms with E-state index in [0.29, 0.717) is 9.13 Å². The van der Waals surface area contributed by atoms with Crippen molar-refractivity contribution in [2.45, 2.75) is 18.2 Å². The number of halogens is 4. The summed E-state index contributed by atoms with van der Waals surface area (Å²) in [5.41, 5.74) is 0.624. The molecule has 3 nitrogen and oxygen atoms in total. The summed E-state index contributed by atoms with van der Waals surface area (Å²) in [6.45, 7) is 0. The third-order valence-electron chi connectivity index (χ3n) is 2.11. The Morgan fingerprint density at radius 3 is 2.76 bits per heavy atom. The van der Waals surface area contributed by atoms with Gasteiger partial charge in [0.05, 0.1) is 24.8 Å². The van der Waals surface area contributed by atoms with E-state index in [1.165, 1.54) is 13.3 Å². The number of carbonyl (C=O) groups excluding carboxylic acids is 1. The zero-order valence-electron chi connectivity index (χ0n) is 8.84. The molecule has 0 aromatic carbocycles. The first-order valence-electron chi connectivity index (χ1n) is 4.58. The van der Waals surface area contributed by atoms with Crippen molar-refractivity contribution >= 4 is 44.5 Å².